The van der Waals surface area contributed by atoms with Gasteiger partial charge in [0.25, 0.3) is 0 Å². The van der Waals surface area contributed by atoms with E-state index in [9.17, 15) is 4.79 Å². The van der Waals surface area contributed by atoms with Crippen molar-refractivity contribution >= 4 is 79.0 Å². The van der Waals surface area contributed by atoms with Gasteiger partial charge in [-0.1, -0.05) is 30.3 Å². The molecule has 1 N–H and O–H groups in total. The van der Waals surface area contributed by atoms with Crippen LogP contribution in [0.25, 0.3) is 22.0 Å². The van der Waals surface area contributed by atoms with Crippen molar-refractivity contribution in [2.75, 3.05) is 18.7 Å². The van der Waals surface area contributed by atoms with Gasteiger partial charge in [-0.2, -0.15) is 0 Å². The molecule has 4 rings (SSSR count). The molecule has 0 saturated carbocycles. The molecule has 4 nitrogen and oxygen atoms in total. The lowest BCUT2D eigenvalue weighted by Crippen LogP contribution is -1.96. The Balaban J connectivity index is 0.00000225. The molecule has 2 aromatic heterocycles. The van der Waals surface area contributed by atoms with Crippen molar-refractivity contribution in [3.05, 3.63) is 58.8 Å². The van der Waals surface area contributed by atoms with Crippen LogP contribution in [0.5, 0.6) is 0 Å². The number of esters is 1. The molecule has 0 aliphatic heterocycles. The number of halogens is 1. The number of thioether (sulfide) groups is 1. The molecule has 8 heteroatoms. The van der Waals surface area contributed by atoms with Gasteiger partial charge < -0.3 is 10.1 Å². The predicted octanol–water partition coefficient (Wildman–Crippen LogP) is 6.85. The molecule has 28 heavy (non-hydrogen) atoms. The maximum atomic E-state index is 11.8. The highest BCUT2D eigenvalue weighted by Gasteiger charge is 2.18. The minimum atomic E-state index is -0.314. The number of thiophene rings is 1. The summed E-state index contributed by atoms with van der Waals surface area (Å²) in [6, 6.07) is 16.4. The van der Waals surface area contributed by atoms with Crippen LogP contribution in [0.2, 0.25) is 0 Å². The molecule has 0 fully saturated rings. The van der Waals surface area contributed by atoms with Crippen molar-refractivity contribution in [3.63, 3.8) is 0 Å². The van der Waals surface area contributed by atoms with Gasteiger partial charge in [-0.25, -0.2) is 9.78 Å². The highest BCUT2D eigenvalue weighted by atomic mass is 79.9. The van der Waals surface area contributed by atoms with Crippen LogP contribution in [-0.2, 0) is 4.74 Å². The summed E-state index contributed by atoms with van der Waals surface area (Å²) in [5.41, 5.74) is 2.83. The van der Waals surface area contributed by atoms with Crippen molar-refractivity contribution in [1.82, 2.24) is 4.98 Å². The Hall–Kier alpha value is -1.87. The average Bonchev–Trinajstić information content (AvgIpc) is 3.34. The van der Waals surface area contributed by atoms with E-state index >= 15 is 0 Å². The van der Waals surface area contributed by atoms with Crippen molar-refractivity contribution in [1.29, 1.82) is 0 Å². The standard InChI is InChI=1S/C20H16N2O2S3.BrH/c1-24-18(23)17-10-15(19(25-2)27-17)16-11-26-20(22-16)21-14-8-7-12-5-3-4-6-13(12)9-14;/h3-11H,1-2H3,(H,21,22);1H. The number of aromatic nitrogens is 1. The molecule has 144 valence electrons. The summed E-state index contributed by atoms with van der Waals surface area (Å²) in [7, 11) is 1.40. The minimum Gasteiger partial charge on any atom is -0.465 e. The molecule has 0 aliphatic carbocycles. The van der Waals surface area contributed by atoms with E-state index in [-0.39, 0.29) is 23.0 Å². The molecule has 0 unspecified atom stereocenters. The van der Waals surface area contributed by atoms with E-state index in [0.717, 1.165) is 26.3 Å². The fraction of sp³-hybridized carbons (Fsp3) is 0.100. The number of methoxy groups -OCH3 is 1. The molecule has 2 heterocycles. The van der Waals surface area contributed by atoms with Crippen LogP contribution in [0.15, 0.2) is 58.1 Å². The van der Waals surface area contributed by atoms with Gasteiger partial charge in [0.15, 0.2) is 5.13 Å². The third kappa shape index (κ3) is 4.25. The van der Waals surface area contributed by atoms with Gasteiger partial charge in [0.05, 0.1) is 17.0 Å². The fourth-order valence-corrected chi connectivity index (χ4v) is 5.28. The lowest BCUT2D eigenvalue weighted by atomic mass is 10.1. The van der Waals surface area contributed by atoms with Crippen LogP contribution in [0.3, 0.4) is 0 Å². The zero-order valence-electron chi connectivity index (χ0n) is 15.1. The molecule has 0 aliphatic rings. The van der Waals surface area contributed by atoms with Gasteiger partial charge in [0, 0.05) is 16.6 Å². The van der Waals surface area contributed by atoms with E-state index in [4.69, 9.17) is 9.72 Å². The van der Waals surface area contributed by atoms with E-state index in [0.29, 0.717) is 4.88 Å². The second-order valence-electron chi connectivity index (χ2n) is 5.73. The first-order valence-electron chi connectivity index (χ1n) is 8.16. The van der Waals surface area contributed by atoms with E-state index in [1.165, 1.54) is 29.2 Å². The van der Waals surface area contributed by atoms with Crippen molar-refractivity contribution in [2.24, 2.45) is 0 Å². The lowest BCUT2D eigenvalue weighted by Gasteiger charge is -2.04. The molecule has 0 radical (unpaired) electrons. The average molecular weight is 493 g/mol. The number of anilines is 2. The number of nitrogens with zero attached hydrogens (tertiary/aromatic N) is 1. The highest BCUT2D eigenvalue weighted by Crippen LogP contribution is 2.39. The van der Waals surface area contributed by atoms with Crippen molar-refractivity contribution < 1.29 is 9.53 Å². The smallest absolute Gasteiger partial charge is 0.348 e. The number of carbonyl (C=O) groups is 1. The first-order chi connectivity index (χ1) is 13.2. The highest BCUT2D eigenvalue weighted by molar-refractivity contribution is 8.93. The molecular weight excluding hydrogens is 476 g/mol. The largest absolute Gasteiger partial charge is 0.465 e. The van der Waals surface area contributed by atoms with E-state index in [1.807, 2.05) is 29.8 Å². The molecule has 0 spiro atoms. The Morgan fingerprint density at radius 1 is 1.14 bits per heavy atom. The molecule has 0 atom stereocenters. The Kier molecular flexibility index (Phi) is 6.77. The number of thiazole rings is 1. The van der Waals surface area contributed by atoms with E-state index < -0.39 is 0 Å². The maximum absolute atomic E-state index is 11.8. The van der Waals surface area contributed by atoms with E-state index in [2.05, 4.69) is 35.6 Å². The van der Waals surface area contributed by atoms with Gasteiger partial charge in [-0.15, -0.1) is 51.4 Å². The second kappa shape index (κ2) is 9.09. The van der Waals surface area contributed by atoms with E-state index in [1.54, 1.807) is 23.1 Å². The zero-order valence-corrected chi connectivity index (χ0v) is 19.3. The second-order valence-corrected chi connectivity index (χ2v) is 8.72. The zero-order chi connectivity index (χ0) is 18.8. The quantitative estimate of drug-likeness (QED) is 0.243. The monoisotopic (exact) mass is 492 g/mol. The van der Waals surface area contributed by atoms with Crippen LogP contribution in [0.4, 0.5) is 10.8 Å². The minimum absolute atomic E-state index is 0. The molecular formula is C20H17BrN2O2S3. The summed E-state index contributed by atoms with van der Waals surface area (Å²) in [4.78, 5) is 17.1. The Bertz CT molecular complexity index is 1120. The number of carbonyl (C=O) groups excluding carboxylic acids is 1. The van der Waals surface area contributed by atoms with Gasteiger partial charge in [-0.05, 0) is 35.2 Å². The topological polar surface area (TPSA) is 51.2 Å². The summed E-state index contributed by atoms with van der Waals surface area (Å²) in [5.74, 6) is -0.314. The number of hydrogen-bond donors (Lipinski definition) is 1. The van der Waals surface area contributed by atoms with Gasteiger partial charge in [-0.3, -0.25) is 0 Å². The van der Waals surface area contributed by atoms with Gasteiger partial charge in [0.2, 0.25) is 0 Å². The molecule has 0 saturated heterocycles. The molecule has 4 aromatic rings. The number of fused-ring (bicyclic) bond motifs is 1. The van der Waals surface area contributed by atoms with Crippen molar-refractivity contribution in [3.8, 4) is 11.3 Å². The number of nitrogens with one attached hydrogen (secondary N) is 1. The van der Waals surface area contributed by atoms with Gasteiger partial charge in [0.1, 0.15) is 4.88 Å². The van der Waals surface area contributed by atoms with Crippen molar-refractivity contribution in [2.45, 2.75) is 4.21 Å². The lowest BCUT2D eigenvalue weighted by molar-refractivity contribution is 0.0606. The Morgan fingerprint density at radius 2 is 1.93 bits per heavy atom. The SMILES string of the molecule is Br.COC(=O)c1cc(-c2csc(Nc3ccc4ccccc4c3)n2)c(SC)s1. The number of rotatable bonds is 5. The van der Waals surface area contributed by atoms with Crippen LogP contribution < -0.4 is 5.32 Å². The van der Waals surface area contributed by atoms with Crippen LogP contribution in [-0.4, -0.2) is 24.3 Å². The molecule has 0 amide bonds. The third-order valence-corrected chi connectivity index (χ3v) is 7.06. The Labute approximate surface area is 185 Å². The van der Waals surface area contributed by atoms with Gasteiger partial charge >= 0.3 is 5.97 Å². The first-order valence-corrected chi connectivity index (χ1v) is 11.1. The Morgan fingerprint density at radius 3 is 2.68 bits per heavy atom. The van der Waals surface area contributed by atoms with Crippen LogP contribution >= 0.6 is 51.4 Å². The maximum Gasteiger partial charge on any atom is 0.348 e. The van der Waals surface area contributed by atoms with Crippen LogP contribution in [0, 0.1) is 0 Å². The number of hydrogen-bond acceptors (Lipinski definition) is 7. The fourth-order valence-electron chi connectivity index (χ4n) is 2.75. The summed E-state index contributed by atoms with van der Waals surface area (Å²) in [5, 5.41) is 8.59. The predicted molar refractivity (Wildman–Crippen MR) is 126 cm³/mol. The molecule has 2 aromatic carbocycles. The molecule has 0 bridgehead atoms. The number of benzene rings is 2. The third-order valence-electron chi connectivity index (χ3n) is 4.05. The van der Waals surface area contributed by atoms with Crippen LogP contribution in [0.1, 0.15) is 9.67 Å². The number of ether oxygens (including phenoxy) is 1. The first kappa shape index (κ1) is 20.9. The summed E-state index contributed by atoms with van der Waals surface area (Å²) in [6.07, 6.45) is 2.00. The summed E-state index contributed by atoms with van der Waals surface area (Å²) >= 11 is 4.59. The normalized spacial score (nSPS) is 10.5. The summed E-state index contributed by atoms with van der Waals surface area (Å²) < 4.78 is 5.89. The summed E-state index contributed by atoms with van der Waals surface area (Å²) in [6.45, 7) is 0.